The first-order chi connectivity index (χ1) is 13.9. The fourth-order valence-corrected chi connectivity index (χ4v) is 3.00. The molecule has 10 heteroatoms. The normalized spacial score (nSPS) is 16.9. The number of carbonyl (C=O) groups is 4. The second-order valence-electron chi connectivity index (χ2n) is 6.70. The molecule has 29 heavy (non-hydrogen) atoms. The molecule has 1 aromatic rings. The van der Waals surface area contributed by atoms with Crippen LogP contribution in [0.3, 0.4) is 0 Å². The Morgan fingerprint density at radius 3 is 2.34 bits per heavy atom. The maximum atomic E-state index is 12.3. The number of rotatable bonds is 4. The van der Waals surface area contributed by atoms with Crippen LogP contribution in [0.15, 0.2) is 35.4 Å². The molecule has 0 aliphatic carbocycles. The van der Waals surface area contributed by atoms with Crippen molar-refractivity contribution in [1.82, 2.24) is 14.8 Å². The van der Waals surface area contributed by atoms with Crippen LogP contribution < -0.4 is 5.32 Å². The predicted octanol–water partition coefficient (Wildman–Crippen LogP) is 0.514. The van der Waals surface area contributed by atoms with E-state index in [0.29, 0.717) is 31.9 Å². The van der Waals surface area contributed by atoms with Crippen LogP contribution in [0.4, 0.5) is 10.5 Å². The Kier molecular flexibility index (Phi) is 6.43. The largest absolute Gasteiger partial charge is 0.451 e. The van der Waals surface area contributed by atoms with Gasteiger partial charge in [0, 0.05) is 51.8 Å². The van der Waals surface area contributed by atoms with E-state index in [2.05, 4.69) is 10.4 Å². The zero-order valence-corrected chi connectivity index (χ0v) is 16.2. The molecule has 2 aliphatic heterocycles. The van der Waals surface area contributed by atoms with Gasteiger partial charge in [-0.1, -0.05) is 18.2 Å². The van der Waals surface area contributed by atoms with Crippen LogP contribution in [0, 0.1) is 0 Å². The summed E-state index contributed by atoms with van der Waals surface area (Å²) in [7, 11) is 1.47. The molecule has 154 valence electrons. The highest BCUT2D eigenvalue weighted by Gasteiger charge is 2.27. The van der Waals surface area contributed by atoms with Crippen molar-refractivity contribution in [3.05, 3.63) is 30.3 Å². The first-order valence-electron chi connectivity index (χ1n) is 9.34. The number of amides is 4. The molecule has 3 rings (SSSR count). The van der Waals surface area contributed by atoms with Crippen LogP contribution in [-0.2, 0) is 19.1 Å². The van der Waals surface area contributed by atoms with E-state index < -0.39 is 12.6 Å². The maximum absolute atomic E-state index is 12.3. The van der Waals surface area contributed by atoms with Crippen molar-refractivity contribution >= 4 is 35.2 Å². The summed E-state index contributed by atoms with van der Waals surface area (Å²) < 4.78 is 5.04. The highest BCUT2D eigenvalue weighted by atomic mass is 16.5. The minimum absolute atomic E-state index is 0.127. The van der Waals surface area contributed by atoms with Crippen LogP contribution in [0.5, 0.6) is 0 Å². The summed E-state index contributed by atoms with van der Waals surface area (Å²) in [6.45, 7) is 1.09. The summed E-state index contributed by atoms with van der Waals surface area (Å²) >= 11 is 0. The summed E-state index contributed by atoms with van der Waals surface area (Å²) in [6, 6.07) is 8.92. The molecule has 0 saturated carbocycles. The number of esters is 1. The van der Waals surface area contributed by atoms with E-state index in [4.69, 9.17) is 4.74 Å². The number of hydrazone groups is 1. The lowest BCUT2D eigenvalue weighted by Gasteiger charge is -2.34. The number of nitrogens with zero attached hydrogens (tertiary/aromatic N) is 4. The van der Waals surface area contributed by atoms with Gasteiger partial charge in [-0.05, 0) is 12.1 Å². The Labute approximate surface area is 168 Å². The lowest BCUT2D eigenvalue weighted by molar-refractivity contribution is -0.147. The number of benzene rings is 1. The molecule has 2 heterocycles. The van der Waals surface area contributed by atoms with Crippen molar-refractivity contribution in [2.45, 2.75) is 12.8 Å². The van der Waals surface area contributed by atoms with Gasteiger partial charge in [-0.3, -0.25) is 9.59 Å². The Morgan fingerprint density at radius 2 is 1.69 bits per heavy atom. The molecule has 1 N–H and O–H groups in total. The zero-order valence-electron chi connectivity index (χ0n) is 16.2. The predicted molar refractivity (Wildman–Crippen MR) is 104 cm³/mol. The van der Waals surface area contributed by atoms with Gasteiger partial charge in [-0.15, -0.1) is 0 Å². The Hall–Kier alpha value is -3.43. The van der Waals surface area contributed by atoms with Gasteiger partial charge >= 0.3 is 12.0 Å². The SMILES string of the molecule is CN1N=C(C(=O)OCC(=O)N2CCN(C(=O)Nc3ccccc3)CC2)CCC1=O. The number of para-hydroxylation sites is 1. The van der Waals surface area contributed by atoms with Gasteiger partial charge in [-0.25, -0.2) is 14.6 Å². The van der Waals surface area contributed by atoms with E-state index in [1.54, 1.807) is 21.9 Å². The molecule has 10 nitrogen and oxygen atoms in total. The third kappa shape index (κ3) is 5.31. The van der Waals surface area contributed by atoms with Crippen molar-refractivity contribution in [2.75, 3.05) is 45.2 Å². The number of ether oxygens (including phenoxy) is 1. The van der Waals surface area contributed by atoms with Crippen molar-refractivity contribution in [2.24, 2.45) is 5.10 Å². The number of piperazine rings is 1. The van der Waals surface area contributed by atoms with Crippen LogP contribution in [-0.4, -0.2) is 84.2 Å². The Morgan fingerprint density at radius 1 is 1.03 bits per heavy atom. The number of hydrogen-bond acceptors (Lipinski definition) is 6. The topological polar surface area (TPSA) is 112 Å². The molecule has 1 saturated heterocycles. The van der Waals surface area contributed by atoms with Crippen LogP contribution in [0.25, 0.3) is 0 Å². The molecule has 1 aromatic carbocycles. The molecule has 0 aromatic heterocycles. The minimum atomic E-state index is -0.696. The molecule has 2 aliphatic rings. The van der Waals surface area contributed by atoms with Crippen LogP contribution in [0.2, 0.25) is 0 Å². The highest BCUT2D eigenvalue weighted by molar-refractivity contribution is 6.37. The quantitative estimate of drug-likeness (QED) is 0.739. The summed E-state index contributed by atoms with van der Waals surface area (Å²) in [4.78, 5) is 51.2. The highest BCUT2D eigenvalue weighted by Crippen LogP contribution is 2.10. The fraction of sp³-hybridized carbons (Fsp3) is 0.421. The Balaban J connectivity index is 1.42. The first-order valence-corrected chi connectivity index (χ1v) is 9.34. The van der Waals surface area contributed by atoms with Gasteiger partial charge < -0.3 is 19.9 Å². The number of hydrogen-bond donors (Lipinski definition) is 1. The number of urea groups is 1. The zero-order chi connectivity index (χ0) is 20.8. The lowest BCUT2D eigenvalue weighted by Crippen LogP contribution is -2.52. The fourth-order valence-electron chi connectivity index (χ4n) is 3.00. The molecule has 0 bridgehead atoms. The summed E-state index contributed by atoms with van der Waals surface area (Å²) in [6.07, 6.45) is 0.386. The van der Waals surface area contributed by atoms with Gasteiger partial charge in [0.05, 0.1) is 0 Å². The molecule has 0 spiro atoms. The van der Waals surface area contributed by atoms with E-state index in [-0.39, 0.29) is 36.4 Å². The number of carbonyl (C=O) groups excluding carboxylic acids is 4. The molecule has 1 fully saturated rings. The molecule has 0 unspecified atom stereocenters. The number of anilines is 1. The molecular formula is C19H23N5O5. The van der Waals surface area contributed by atoms with Gasteiger partial charge in [0.1, 0.15) is 5.71 Å². The minimum Gasteiger partial charge on any atom is -0.451 e. The lowest BCUT2D eigenvalue weighted by atomic mass is 10.2. The summed E-state index contributed by atoms with van der Waals surface area (Å²) in [5, 5.41) is 7.78. The van der Waals surface area contributed by atoms with Crippen molar-refractivity contribution in [1.29, 1.82) is 0 Å². The van der Waals surface area contributed by atoms with Crippen molar-refractivity contribution < 1.29 is 23.9 Å². The van der Waals surface area contributed by atoms with Crippen molar-refractivity contribution in [3.63, 3.8) is 0 Å². The maximum Gasteiger partial charge on any atom is 0.355 e. The second-order valence-corrected chi connectivity index (χ2v) is 6.70. The average Bonchev–Trinajstić information content (AvgIpc) is 2.74. The summed E-state index contributed by atoms with van der Waals surface area (Å²) in [5.41, 5.74) is 0.836. The van der Waals surface area contributed by atoms with E-state index in [9.17, 15) is 19.2 Å². The average molecular weight is 401 g/mol. The third-order valence-electron chi connectivity index (χ3n) is 4.71. The standard InChI is InChI=1S/C19H23N5O5/c1-22-16(25)8-7-15(21-22)18(27)29-13-17(26)23-9-11-24(12-10-23)19(28)20-14-5-3-2-4-6-14/h2-6H,7-13H2,1H3,(H,20,28). The molecular weight excluding hydrogens is 378 g/mol. The van der Waals surface area contributed by atoms with Gasteiger partial charge in [0.15, 0.2) is 6.61 Å². The van der Waals surface area contributed by atoms with Gasteiger partial charge in [0.25, 0.3) is 5.91 Å². The smallest absolute Gasteiger partial charge is 0.355 e. The van der Waals surface area contributed by atoms with Crippen molar-refractivity contribution in [3.8, 4) is 0 Å². The first kappa shape index (κ1) is 20.3. The van der Waals surface area contributed by atoms with E-state index in [0.717, 1.165) is 5.01 Å². The van der Waals surface area contributed by atoms with Crippen LogP contribution >= 0.6 is 0 Å². The summed E-state index contributed by atoms with van der Waals surface area (Å²) in [5.74, 6) is -1.20. The van der Waals surface area contributed by atoms with Gasteiger partial charge in [-0.2, -0.15) is 5.10 Å². The molecule has 0 atom stereocenters. The third-order valence-corrected chi connectivity index (χ3v) is 4.71. The number of nitrogens with one attached hydrogen (secondary N) is 1. The Bertz CT molecular complexity index is 818. The second kappa shape index (κ2) is 9.18. The van der Waals surface area contributed by atoms with E-state index in [1.165, 1.54) is 7.05 Å². The molecule has 0 radical (unpaired) electrons. The van der Waals surface area contributed by atoms with E-state index in [1.807, 2.05) is 18.2 Å². The van der Waals surface area contributed by atoms with Gasteiger partial charge in [0.2, 0.25) is 5.91 Å². The molecule has 4 amide bonds. The monoisotopic (exact) mass is 401 g/mol. The van der Waals surface area contributed by atoms with E-state index >= 15 is 0 Å². The van der Waals surface area contributed by atoms with Crippen LogP contribution in [0.1, 0.15) is 12.8 Å².